The molecule has 1 saturated heterocycles. The Morgan fingerprint density at radius 3 is 2.57 bits per heavy atom. The molecule has 0 aromatic heterocycles. The van der Waals surface area contributed by atoms with Gasteiger partial charge in [-0.05, 0) is 44.9 Å². The van der Waals surface area contributed by atoms with Crippen molar-refractivity contribution in [2.45, 2.75) is 32.7 Å². The van der Waals surface area contributed by atoms with Gasteiger partial charge in [0.05, 0.1) is 19.8 Å². The average molecular weight is 531 g/mol. The molecule has 2 N–H and O–H groups in total. The van der Waals surface area contributed by atoms with Crippen LogP contribution in [0.2, 0.25) is 0 Å². The van der Waals surface area contributed by atoms with Crippen molar-refractivity contribution in [1.82, 2.24) is 20.4 Å². The van der Waals surface area contributed by atoms with Gasteiger partial charge in [-0.1, -0.05) is 12.1 Å². The Morgan fingerprint density at radius 2 is 1.93 bits per heavy atom. The minimum Gasteiger partial charge on any atom is -0.379 e. The molecule has 8 heteroatoms. The highest BCUT2D eigenvalue weighted by molar-refractivity contribution is 14.0. The number of halogens is 1. The fourth-order valence-electron chi connectivity index (χ4n) is 3.33. The van der Waals surface area contributed by atoms with Crippen molar-refractivity contribution in [3.63, 3.8) is 0 Å². The van der Waals surface area contributed by atoms with Crippen molar-refractivity contribution in [3.05, 3.63) is 35.4 Å². The fourth-order valence-corrected chi connectivity index (χ4v) is 3.33. The number of carbonyl (C=O) groups is 1. The molecule has 1 heterocycles. The molecule has 0 unspecified atom stereocenters. The van der Waals surface area contributed by atoms with Gasteiger partial charge in [0.25, 0.3) is 5.91 Å². The third-order valence-corrected chi connectivity index (χ3v) is 5.12. The topological polar surface area (TPSA) is 69.2 Å². The number of ether oxygens (including phenoxy) is 1. The van der Waals surface area contributed by atoms with Crippen molar-refractivity contribution < 1.29 is 9.53 Å². The van der Waals surface area contributed by atoms with Crippen molar-refractivity contribution in [1.29, 1.82) is 0 Å². The number of nitrogens with one attached hydrogen (secondary N) is 2. The Balaban J connectivity index is 0.00000450. The minimum absolute atomic E-state index is 0. The van der Waals surface area contributed by atoms with E-state index in [0.717, 1.165) is 69.4 Å². The van der Waals surface area contributed by atoms with Gasteiger partial charge in [-0.3, -0.25) is 14.7 Å². The minimum atomic E-state index is -0.00694. The lowest BCUT2D eigenvalue weighted by Crippen LogP contribution is -2.52. The highest BCUT2D eigenvalue weighted by Crippen LogP contribution is 2.16. The zero-order chi connectivity index (χ0) is 21.3. The van der Waals surface area contributed by atoms with E-state index in [2.05, 4.69) is 42.4 Å². The maximum atomic E-state index is 12.1. The van der Waals surface area contributed by atoms with Crippen LogP contribution in [0.25, 0.3) is 0 Å². The first-order valence-corrected chi connectivity index (χ1v) is 10.5. The molecule has 30 heavy (non-hydrogen) atoms. The molecule has 170 valence electrons. The van der Waals surface area contributed by atoms with E-state index in [9.17, 15) is 4.79 Å². The van der Waals surface area contributed by atoms with Crippen LogP contribution in [0.5, 0.6) is 0 Å². The molecular formula is C22H38IN5O2. The Labute approximate surface area is 198 Å². The SMILES string of the molecule is CCNC(=NCC(C)(C)N1CCOCC1)NCCc1cccc(C(=O)N(C)C)c1.I. The van der Waals surface area contributed by atoms with Crippen molar-refractivity contribution in [3.8, 4) is 0 Å². The Kier molecular flexibility index (Phi) is 11.6. The van der Waals surface area contributed by atoms with Crippen LogP contribution in [-0.4, -0.2) is 87.2 Å². The van der Waals surface area contributed by atoms with Gasteiger partial charge in [-0.15, -0.1) is 24.0 Å². The molecule has 0 spiro atoms. The van der Waals surface area contributed by atoms with E-state index in [1.807, 2.05) is 18.2 Å². The first-order valence-electron chi connectivity index (χ1n) is 10.5. The van der Waals surface area contributed by atoms with E-state index in [1.165, 1.54) is 0 Å². The zero-order valence-corrected chi connectivity index (χ0v) is 21.4. The number of benzene rings is 1. The number of hydrogen-bond donors (Lipinski definition) is 2. The summed E-state index contributed by atoms with van der Waals surface area (Å²) in [5, 5.41) is 6.74. The molecule has 1 amide bonds. The Morgan fingerprint density at radius 1 is 1.23 bits per heavy atom. The normalized spacial score (nSPS) is 15.3. The number of aliphatic imine (C=N–C) groups is 1. The maximum Gasteiger partial charge on any atom is 0.253 e. The van der Waals surface area contributed by atoms with Gasteiger partial charge in [-0.25, -0.2) is 0 Å². The third kappa shape index (κ3) is 8.39. The molecule has 0 bridgehead atoms. The lowest BCUT2D eigenvalue weighted by Gasteiger charge is -2.39. The van der Waals surface area contributed by atoms with E-state index in [4.69, 9.17) is 9.73 Å². The van der Waals surface area contributed by atoms with E-state index < -0.39 is 0 Å². The summed E-state index contributed by atoms with van der Waals surface area (Å²) in [7, 11) is 3.54. The van der Waals surface area contributed by atoms with E-state index in [0.29, 0.717) is 0 Å². The summed E-state index contributed by atoms with van der Waals surface area (Å²) >= 11 is 0. The summed E-state index contributed by atoms with van der Waals surface area (Å²) in [4.78, 5) is 21.0. The second-order valence-corrected chi connectivity index (χ2v) is 8.18. The van der Waals surface area contributed by atoms with Crippen LogP contribution in [0.15, 0.2) is 29.3 Å². The smallest absolute Gasteiger partial charge is 0.253 e. The molecule has 1 aliphatic heterocycles. The fraction of sp³-hybridized carbons (Fsp3) is 0.636. The average Bonchev–Trinajstić information content (AvgIpc) is 2.72. The van der Waals surface area contributed by atoms with Gasteiger partial charge in [0.2, 0.25) is 0 Å². The lowest BCUT2D eigenvalue weighted by atomic mass is 10.0. The molecule has 0 aliphatic carbocycles. The second-order valence-electron chi connectivity index (χ2n) is 8.18. The number of hydrogen-bond acceptors (Lipinski definition) is 4. The molecule has 0 radical (unpaired) electrons. The highest BCUT2D eigenvalue weighted by atomic mass is 127. The first-order chi connectivity index (χ1) is 13.8. The van der Waals surface area contributed by atoms with E-state index in [1.54, 1.807) is 19.0 Å². The maximum absolute atomic E-state index is 12.1. The van der Waals surface area contributed by atoms with Crippen LogP contribution in [0.1, 0.15) is 36.7 Å². The summed E-state index contributed by atoms with van der Waals surface area (Å²) in [6, 6.07) is 7.82. The number of morpholine rings is 1. The van der Waals surface area contributed by atoms with Crippen molar-refractivity contribution in [2.75, 3.05) is 60.0 Å². The van der Waals surface area contributed by atoms with Crippen LogP contribution in [0.3, 0.4) is 0 Å². The number of nitrogens with zero attached hydrogens (tertiary/aromatic N) is 3. The third-order valence-electron chi connectivity index (χ3n) is 5.12. The molecule has 0 atom stereocenters. The van der Waals surface area contributed by atoms with Gasteiger partial charge in [-0.2, -0.15) is 0 Å². The largest absolute Gasteiger partial charge is 0.379 e. The predicted octanol–water partition coefficient (Wildman–Crippen LogP) is 2.21. The van der Waals surface area contributed by atoms with Gasteiger partial charge in [0.1, 0.15) is 0 Å². The number of rotatable bonds is 8. The highest BCUT2D eigenvalue weighted by Gasteiger charge is 2.28. The van der Waals surface area contributed by atoms with Crippen LogP contribution in [0.4, 0.5) is 0 Å². The number of carbonyl (C=O) groups excluding carboxylic acids is 1. The van der Waals surface area contributed by atoms with Crippen LogP contribution in [0, 0.1) is 0 Å². The zero-order valence-electron chi connectivity index (χ0n) is 19.0. The predicted molar refractivity (Wildman–Crippen MR) is 134 cm³/mol. The quantitative estimate of drug-likeness (QED) is 0.306. The van der Waals surface area contributed by atoms with Crippen molar-refractivity contribution >= 4 is 35.8 Å². The van der Waals surface area contributed by atoms with E-state index >= 15 is 0 Å². The molecular weight excluding hydrogens is 493 g/mol. The first kappa shape index (κ1) is 26.6. The van der Waals surface area contributed by atoms with Crippen LogP contribution >= 0.6 is 24.0 Å². The summed E-state index contributed by atoms with van der Waals surface area (Å²) in [6.07, 6.45) is 0.825. The summed E-state index contributed by atoms with van der Waals surface area (Å²) in [6.45, 7) is 12.3. The van der Waals surface area contributed by atoms with E-state index in [-0.39, 0.29) is 35.4 Å². The lowest BCUT2D eigenvalue weighted by molar-refractivity contribution is -0.00683. The number of amides is 1. The molecule has 0 saturated carbocycles. The Bertz CT molecular complexity index is 688. The monoisotopic (exact) mass is 531 g/mol. The Hall–Kier alpha value is -1.39. The molecule has 7 nitrogen and oxygen atoms in total. The number of guanidine groups is 1. The van der Waals surface area contributed by atoms with Gasteiger partial charge < -0.3 is 20.3 Å². The van der Waals surface area contributed by atoms with Crippen LogP contribution < -0.4 is 10.6 Å². The molecule has 1 aromatic rings. The summed E-state index contributed by atoms with van der Waals surface area (Å²) in [5.74, 6) is 0.856. The molecule has 1 aromatic carbocycles. The molecule has 2 rings (SSSR count). The second kappa shape index (κ2) is 13.1. The summed E-state index contributed by atoms with van der Waals surface area (Å²) < 4.78 is 5.46. The van der Waals surface area contributed by atoms with Gasteiger partial charge >= 0.3 is 0 Å². The van der Waals surface area contributed by atoms with Crippen LogP contribution in [-0.2, 0) is 11.2 Å². The molecule has 1 fully saturated rings. The van der Waals surface area contributed by atoms with Crippen molar-refractivity contribution in [2.24, 2.45) is 4.99 Å². The van der Waals surface area contributed by atoms with Gasteiger partial charge in [0.15, 0.2) is 5.96 Å². The van der Waals surface area contributed by atoms with Gasteiger partial charge in [0, 0.05) is 51.4 Å². The molecule has 1 aliphatic rings. The summed E-state index contributed by atoms with van der Waals surface area (Å²) in [5.41, 5.74) is 1.85. The standard InChI is InChI=1S/C22H37N5O2.HI/c1-6-23-21(25-17-22(2,3)27-12-14-29-15-13-27)24-11-10-18-8-7-9-19(16-18)20(28)26(4)5;/h7-9,16H,6,10-15,17H2,1-5H3,(H2,23,24,25);1H.